The number of halogens is 1. The number of hydrogen-bond donors (Lipinski definition) is 1. The van der Waals surface area contributed by atoms with Crippen LogP contribution >= 0.6 is 11.6 Å². The third-order valence-electron chi connectivity index (χ3n) is 3.49. The Morgan fingerprint density at radius 3 is 2.41 bits per heavy atom. The predicted octanol–water partition coefficient (Wildman–Crippen LogP) is 4.83. The van der Waals surface area contributed by atoms with Gasteiger partial charge in [0, 0.05) is 18.1 Å². The Bertz CT molecular complexity index is 941. The number of rotatable bonds is 3. The van der Waals surface area contributed by atoms with Crippen LogP contribution in [0.2, 0.25) is 5.28 Å². The van der Waals surface area contributed by atoms with E-state index in [2.05, 4.69) is 20.3 Å². The molecule has 3 aromatic rings. The van der Waals surface area contributed by atoms with Gasteiger partial charge in [-0.3, -0.25) is 4.57 Å². The first kappa shape index (κ1) is 18.8. The number of carbonyl (C=O) groups is 1. The molecule has 3 rings (SSSR count). The Hall–Kier alpha value is -2.93. The predicted molar refractivity (Wildman–Crippen MR) is 104 cm³/mol. The summed E-state index contributed by atoms with van der Waals surface area (Å²) in [4.78, 5) is 24.3. The van der Waals surface area contributed by atoms with Gasteiger partial charge in [-0.1, -0.05) is 12.1 Å². The lowest BCUT2D eigenvalue weighted by atomic mass is 10.1. The second-order valence-corrected chi connectivity index (χ2v) is 7.30. The van der Waals surface area contributed by atoms with Gasteiger partial charge in [-0.2, -0.15) is 9.97 Å². The summed E-state index contributed by atoms with van der Waals surface area (Å²) >= 11 is 5.85. The van der Waals surface area contributed by atoms with E-state index >= 15 is 0 Å². The van der Waals surface area contributed by atoms with Crippen LogP contribution in [0.25, 0.3) is 11.1 Å². The Kier molecular flexibility index (Phi) is 5.14. The lowest BCUT2D eigenvalue weighted by Crippen LogP contribution is -2.26. The molecule has 0 amide bonds. The smallest absolute Gasteiger partial charge is 0.418 e. The van der Waals surface area contributed by atoms with E-state index in [-0.39, 0.29) is 5.28 Å². The fourth-order valence-corrected chi connectivity index (χ4v) is 2.58. The molecule has 27 heavy (non-hydrogen) atoms. The highest BCUT2D eigenvalue weighted by atomic mass is 35.5. The maximum Gasteiger partial charge on any atom is 0.418 e. The Morgan fingerprint density at radius 2 is 1.78 bits per heavy atom. The van der Waals surface area contributed by atoms with Gasteiger partial charge < -0.3 is 10.1 Å². The summed E-state index contributed by atoms with van der Waals surface area (Å²) in [7, 11) is 0. The van der Waals surface area contributed by atoms with Gasteiger partial charge in [0.1, 0.15) is 11.4 Å². The van der Waals surface area contributed by atoms with E-state index in [4.69, 9.17) is 16.3 Å². The zero-order chi connectivity index (χ0) is 19.6. The molecular weight excluding hydrogens is 366 g/mol. The standard InChI is InChI=1S/C19H20ClN5O2/c1-12-21-16(20)24-17(22-12)23-15-7-5-13(6-8-15)14-9-10-25(11-14)18(26)27-19(2,3)4/h5-11H,1-4H3,(H,21,22,23,24). The van der Waals surface area contributed by atoms with Crippen LogP contribution in [-0.4, -0.2) is 31.2 Å². The number of benzene rings is 1. The second-order valence-electron chi connectivity index (χ2n) is 6.97. The fraction of sp³-hybridized carbons (Fsp3) is 0.263. The van der Waals surface area contributed by atoms with Crippen molar-refractivity contribution in [1.29, 1.82) is 0 Å². The minimum absolute atomic E-state index is 0.144. The van der Waals surface area contributed by atoms with Gasteiger partial charge in [0.2, 0.25) is 11.2 Å². The molecule has 0 radical (unpaired) electrons. The van der Waals surface area contributed by atoms with Crippen LogP contribution < -0.4 is 5.32 Å². The first-order valence-corrected chi connectivity index (χ1v) is 8.74. The summed E-state index contributed by atoms with van der Waals surface area (Å²) in [6.45, 7) is 7.25. The first-order chi connectivity index (χ1) is 12.7. The van der Waals surface area contributed by atoms with Crippen molar-refractivity contribution in [1.82, 2.24) is 19.5 Å². The fourth-order valence-electron chi connectivity index (χ4n) is 2.38. The number of hydrogen-bond acceptors (Lipinski definition) is 6. The molecule has 0 fully saturated rings. The molecule has 0 saturated carbocycles. The average Bonchev–Trinajstić information content (AvgIpc) is 3.03. The summed E-state index contributed by atoms with van der Waals surface area (Å²) in [5, 5.41) is 3.23. The normalized spacial score (nSPS) is 11.3. The topological polar surface area (TPSA) is 81.9 Å². The van der Waals surface area contributed by atoms with Crippen LogP contribution in [0, 0.1) is 6.92 Å². The van der Waals surface area contributed by atoms with Crippen molar-refractivity contribution in [3.05, 3.63) is 53.8 Å². The number of ether oxygens (including phenoxy) is 1. The van der Waals surface area contributed by atoms with Crippen molar-refractivity contribution in [3.63, 3.8) is 0 Å². The third-order valence-corrected chi connectivity index (χ3v) is 3.66. The Balaban J connectivity index is 1.73. The van der Waals surface area contributed by atoms with E-state index in [0.717, 1.165) is 16.8 Å². The largest absolute Gasteiger partial charge is 0.443 e. The summed E-state index contributed by atoms with van der Waals surface area (Å²) in [5.74, 6) is 0.925. The van der Waals surface area contributed by atoms with Gasteiger partial charge in [0.15, 0.2) is 0 Å². The monoisotopic (exact) mass is 385 g/mol. The molecule has 0 aliphatic rings. The molecule has 8 heteroatoms. The highest BCUT2D eigenvalue weighted by Crippen LogP contribution is 2.23. The molecule has 2 aromatic heterocycles. The van der Waals surface area contributed by atoms with Crippen LogP contribution in [0.15, 0.2) is 42.7 Å². The zero-order valence-corrected chi connectivity index (χ0v) is 16.3. The van der Waals surface area contributed by atoms with Gasteiger partial charge >= 0.3 is 6.09 Å². The Labute approximate surface area is 162 Å². The molecule has 0 aliphatic heterocycles. The molecule has 7 nitrogen and oxygen atoms in total. The molecular formula is C19H20ClN5O2. The number of aryl methyl sites for hydroxylation is 1. The number of anilines is 2. The molecule has 0 aliphatic carbocycles. The van der Waals surface area contributed by atoms with Crippen molar-refractivity contribution < 1.29 is 9.53 Å². The Morgan fingerprint density at radius 1 is 1.07 bits per heavy atom. The van der Waals surface area contributed by atoms with Gasteiger partial charge in [0.25, 0.3) is 0 Å². The molecule has 140 valence electrons. The molecule has 0 spiro atoms. The highest BCUT2D eigenvalue weighted by molar-refractivity contribution is 6.28. The van der Waals surface area contributed by atoms with Crippen molar-refractivity contribution in [2.45, 2.75) is 33.3 Å². The molecule has 0 saturated heterocycles. The van der Waals surface area contributed by atoms with Crippen molar-refractivity contribution >= 4 is 29.3 Å². The minimum Gasteiger partial charge on any atom is -0.443 e. The van der Waals surface area contributed by atoms with Crippen LogP contribution in [0.5, 0.6) is 0 Å². The quantitative estimate of drug-likeness (QED) is 0.695. The molecule has 1 aromatic carbocycles. The third kappa shape index (κ3) is 5.04. The lowest BCUT2D eigenvalue weighted by molar-refractivity contribution is 0.0537. The van der Waals surface area contributed by atoms with Gasteiger partial charge in [0.05, 0.1) is 0 Å². The van der Waals surface area contributed by atoms with E-state index < -0.39 is 11.7 Å². The van der Waals surface area contributed by atoms with Gasteiger partial charge in [-0.25, -0.2) is 9.78 Å². The maximum atomic E-state index is 12.1. The average molecular weight is 386 g/mol. The van der Waals surface area contributed by atoms with Crippen LogP contribution in [0.3, 0.4) is 0 Å². The molecule has 0 atom stereocenters. The van der Waals surface area contributed by atoms with E-state index in [1.165, 1.54) is 4.57 Å². The van der Waals surface area contributed by atoms with Crippen molar-refractivity contribution in [3.8, 4) is 11.1 Å². The molecule has 1 N–H and O–H groups in total. The van der Waals surface area contributed by atoms with E-state index in [1.54, 1.807) is 19.3 Å². The van der Waals surface area contributed by atoms with Crippen LogP contribution in [-0.2, 0) is 4.74 Å². The summed E-state index contributed by atoms with van der Waals surface area (Å²) in [5.41, 5.74) is 2.15. The second kappa shape index (κ2) is 7.36. The summed E-state index contributed by atoms with van der Waals surface area (Å²) in [6.07, 6.45) is 3.02. The van der Waals surface area contributed by atoms with Crippen molar-refractivity contribution in [2.24, 2.45) is 0 Å². The highest BCUT2D eigenvalue weighted by Gasteiger charge is 2.17. The first-order valence-electron chi connectivity index (χ1n) is 8.37. The van der Waals surface area contributed by atoms with E-state index in [1.807, 2.05) is 51.1 Å². The summed E-state index contributed by atoms with van der Waals surface area (Å²) in [6, 6.07) is 9.53. The lowest BCUT2D eigenvalue weighted by Gasteiger charge is -2.19. The molecule has 2 heterocycles. The number of nitrogens with one attached hydrogen (secondary N) is 1. The van der Waals surface area contributed by atoms with Gasteiger partial charge in [-0.05, 0) is 68.6 Å². The number of carbonyl (C=O) groups excluding carboxylic acids is 1. The van der Waals surface area contributed by atoms with E-state index in [0.29, 0.717) is 11.8 Å². The molecule has 0 unspecified atom stereocenters. The van der Waals surface area contributed by atoms with Crippen LogP contribution in [0.4, 0.5) is 16.4 Å². The van der Waals surface area contributed by atoms with Crippen LogP contribution in [0.1, 0.15) is 26.6 Å². The number of nitrogens with zero attached hydrogens (tertiary/aromatic N) is 4. The molecule has 0 bridgehead atoms. The zero-order valence-electron chi connectivity index (χ0n) is 15.5. The minimum atomic E-state index is -0.537. The summed E-state index contributed by atoms with van der Waals surface area (Å²) < 4.78 is 6.79. The van der Waals surface area contributed by atoms with E-state index in [9.17, 15) is 4.79 Å². The van der Waals surface area contributed by atoms with Crippen molar-refractivity contribution in [2.75, 3.05) is 5.32 Å². The van der Waals surface area contributed by atoms with Gasteiger partial charge in [-0.15, -0.1) is 0 Å². The maximum absolute atomic E-state index is 12.1. The number of aromatic nitrogens is 4. The SMILES string of the molecule is Cc1nc(Cl)nc(Nc2ccc(-c3ccn(C(=O)OC(C)(C)C)c3)cc2)n1.